The minimum atomic E-state index is -1.21. The minimum absolute atomic E-state index is 0.124. The van der Waals surface area contributed by atoms with Gasteiger partial charge in [-0.15, -0.1) is 11.8 Å². The number of fused-ring (bicyclic) bond motifs is 1. The SMILES string of the molecule is C[C@@]1(COC(N)=O)SC2[C@H](NC(=O)OCc3ccc([N+](=O)[O-])cc3)C(=O)N2[C@H]1C(=O)OCc1ccc([N+](=O)[O-])cc1. The summed E-state index contributed by atoms with van der Waals surface area (Å²) in [5.74, 6) is -1.42. The molecule has 0 bridgehead atoms. The zero-order valence-electron chi connectivity index (χ0n) is 21.3. The number of carbonyl (C=O) groups excluding carboxylic acids is 4. The average Bonchev–Trinajstić information content (AvgIpc) is 3.22. The molecule has 2 fully saturated rings. The lowest BCUT2D eigenvalue weighted by Gasteiger charge is -2.43. The van der Waals surface area contributed by atoms with Crippen molar-refractivity contribution in [2.24, 2.45) is 5.73 Å². The Bertz CT molecular complexity index is 1390. The van der Waals surface area contributed by atoms with Gasteiger partial charge in [0.25, 0.3) is 11.4 Å². The Balaban J connectivity index is 1.40. The maximum Gasteiger partial charge on any atom is 0.408 e. The molecule has 2 saturated heterocycles. The number of nitrogens with one attached hydrogen (secondary N) is 1. The number of esters is 1. The lowest BCUT2D eigenvalue weighted by atomic mass is 9.95. The Hall–Kier alpha value is -4.93. The van der Waals surface area contributed by atoms with Crippen LogP contribution in [0.4, 0.5) is 21.0 Å². The summed E-state index contributed by atoms with van der Waals surface area (Å²) < 4.78 is 14.3. The van der Waals surface area contributed by atoms with Crippen LogP contribution in [0.1, 0.15) is 18.1 Å². The first-order valence-corrected chi connectivity index (χ1v) is 12.8. The molecule has 0 saturated carbocycles. The molecular formula is C24H23N5O11S. The summed E-state index contributed by atoms with van der Waals surface area (Å²) in [6.45, 7) is 0.776. The zero-order valence-corrected chi connectivity index (χ0v) is 22.1. The molecule has 1 unspecified atom stereocenters. The van der Waals surface area contributed by atoms with E-state index < -0.39 is 56.1 Å². The molecule has 2 heterocycles. The number of carbonyl (C=O) groups is 4. The molecule has 0 radical (unpaired) electrons. The fourth-order valence-electron chi connectivity index (χ4n) is 4.32. The van der Waals surface area contributed by atoms with E-state index in [1.54, 1.807) is 6.92 Å². The van der Waals surface area contributed by atoms with Crippen LogP contribution in [0.3, 0.4) is 0 Å². The molecule has 3 N–H and O–H groups in total. The van der Waals surface area contributed by atoms with Gasteiger partial charge in [-0.3, -0.25) is 25.0 Å². The zero-order chi connectivity index (χ0) is 29.9. The lowest BCUT2D eigenvalue weighted by Crippen LogP contribution is -2.71. The van der Waals surface area contributed by atoms with Crippen LogP contribution in [0.15, 0.2) is 48.5 Å². The van der Waals surface area contributed by atoms with Crippen LogP contribution < -0.4 is 11.1 Å². The number of non-ortho nitro benzene ring substituents is 2. The summed E-state index contributed by atoms with van der Waals surface area (Å²) in [5.41, 5.74) is 5.79. The van der Waals surface area contributed by atoms with Gasteiger partial charge >= 0.3 is 18.2 Å². The van der Waals surface area contributed by atoms with Crippen LogP contribution in [0.25, 0.3) is 0 Å². The smallest absolute Gasteiger partial charge is 0.408 e. The van der Waals surface area contributed by atoms with E-state index in [1.165, 1.54) is 53.4 Å². The molecule has 4 atom stereocenters. The largest absolute Gasteiger partial charge is 0.459 e. The molecule has 0 aromatic heterocycles. The van der Waals surface area contributed by atoms with E-state index in [4.69, 9.17) is 19.9 Å². The normalized spacial score (nSPS) is 22.6. The predicted octanol–water partition coefficient (Wildman–Crippen LogP) is 1.98. The van der Waals surface area contributed by atoms with E-state index >= 15 is 0 Å². The molecular weight excluding hydrogens is 566 g/mol. The van der Waals surface area contributed by atoms with Gasteiger partial charge in [0.1, 0.15) is 37.3 Å². The molecule has 16 nitrogen and oxygen atoms in total. The number of ether oxygens (including phenoxy) is 3. The first-order valence-electron chi connectivity index (χ1n) is 11.9. The van der Waals surface area contributed by atoms with Crippen LogP contribution in [-0.4, -0.2) is 67.6 Å². The van der Waals surface area contributed by atoms with E-state index in [9.17, 15) is 39.4 Å². The van der Waals surface area contributed by atoms with Crippen LogP contribution >= 0.6 is 11.8 Å². The molecule has 3 amide bonds. The van der Waals surface area contributed by atoms with Crippen LogP contribution in [0.5, 0.6) is 0 Å². The van der Waals surface area contributed by atoms with Gasteiger partial charge in [-0.2, -0.15) is 0 Å². The van der Waals surface area contributed by atoms with Gasteiger partial charge in [-0.05, 0) is 42.3 Å². The molecule has 2 aliphatic heterocycles. The van der Waals surface area contributed by atoms with E-state index in [0.29, 0.717) is 11.1 Å². The quantitative estimate of drug-likeness (QED) is 0.133. The highest BCUT2D eigenvalue weighted by molar-refractivity contribution is 8.01. The first kappa shape index (κ1) is 29.1. The van der Waals surface area contributed by atoms with Crippen molar-refractivity contribution in [2.75, 3.05) is 6.61 Å². The van der Waals surface area contributed by atoms with E-state index in [2.05, 4.69) is 5.32 Å². The van der Waals surface area contributed by atoms with Crippen LogP contribution in [-0.2, 0) is 37.0 Å². The number of amides is 3. The summed E-state index contributed by atoms with van der Waals surface area (Å²) in [6.07, 6.45) is -2.02. The number of nitro benzene ring substituents is 2. The molecule has 216 valence electrons. The number of nitrogens with zero attached hydrogens (tertiary/aromatic N) is 3. The molecule has 17 heteroatoms. The van der Waals surface area contributed by atoms with Crippen molar-refractivity contribution in [3.8, 4) is 0 Å². The van der Waals surface area contributed by atoms with Crippen molar-refractivity contribution in [1.82, 2.24) is 10.2 Å². The predicted molar refractivity (Wildman–Crippen MR) is 139 cm³/mol. The van der Waals surface area contributed by atoms with E-state index in [0.717, 1.165) is 11.8 Å². The second-order valence-corrected chi connectivity index (χ2v) is 10.9. The van der Waals surface area contributed by atoms with Gasteiger partial charge in [-0.25, -0.2) is 14.4 Å². The van der Waals surface area contributed by atoms with Crippen LogP contribution in [0.2, 0.25) is 0 Å². The summed E-state index contributed by atoms with van der Waals surface area (Å²) in [5, 5.41) is 23.3. The number of thioether (sulfide) groups is 1. The summed E-state index contributed by atoms with van der Waals surface area (Å²) in [4.78, 5) is 71.6. The highest BCUT2D eigenvalue weighted by Crippen LogP contribution is 2.51. The van der Waals surface area contributed by atoms with Gasteiger partial charge in [-0.1, -0.05) is 0 Å². The fourth-order valence-corrected chi connectivity index (χ4v) is 6.00. The van der Waals surface area contributed by atoms with Crippen LogP contribution in [0, 0.1) is 20.2 Å². The van der Waals surface area contributed by atoms with Gasteiger partial charge in [0.2, 0.25) is 5.91 Å². The Kier molecular flexibility index (Phi) is 8.27. The maximum atomic E-state index is 13.2. The lowest BCUT2D eigenvalue weighted by molar-refractivity contribution is -0.385. The highest BCUT2D eigenvalue weighted by Gasteiger charge is 2.66. The summed E-state index contributed by atoms with van der Waals surface area (Å²) in [6, 6.07) is 8.44. The van der Waals surface area contributed by atoms with Crippen molar-refractivity contribution < 1.29 is 43.2 Å². The molecule has 41 heavy (non-hydrogen) atoms. The molecule has 2 aliphatic rings. The molecule has 4 rings (SSSR count). The van der Waals surface area contributed by atoms with E-state index in [-0.39, 0.29) is 31.2 Å². The number of nitrogens with two attached hydrogens (primary N) is 1. The second-order valence-electron chi connectivity index (χ2n) is 9.23. The standard InChI is InChI=1S/C24H23N5O11S/c1-24(12-40-22(25)32)18(21(31)38-10-13-2-6-15(7-3-13)28(34)35)27-19(30)17(20(27)41-24)26-23(33)39-11-14-4-8-16(9-5-14)29(36)37/h2-9,17-18,20H,10-12H2,1H3,(H2,25,32)(H,26,33)/t17-,18+,20?,24+/m1/s1. The third-order valence-electron chi connectivity index (χ3n) is 6.37. The number of rotatable bonds is 10. The Morgan fingerprint density at radius 1 is 0.951 bits per heavy atom. The number of hydrogen-bond donors (Lipinski definition) is 2. The maximum absolute atomic E-state index is 13.2. The topological polar surface area (TPSA) is 224 Å². The van der Waals surface area contributed by atoms with Gasteiger partial charge in [0, 0.05) is 24.3 Å². The molecule has 2 aromatic rings. The number of alkyl carbamates (subject to hydrolysis) is 1. The second kappa shape index (κ2) is 11.7. The third-order valence-corrected chi connectivity index (χ3v) is 7.99. The first-order chi connectivity index (χ1) is 19.4. The summed E-state index contributed by atoms with van der Waals surface area (Å²) in [7, 11) is 0. The Morgan fingerprint density at radius 2 is 1.46 bits per heavy atom. The van der Waals surface area contributed by atoms with Crippen molar-refractivity contribution in [2.45, 2.75) is 42.3 Å². The van der Waals surface area contributed by atoms with Gasteiger partial charge < -0.3 is 30.2 Å². The summed E-state index contributed by atoms with van der Waals surface area (Å²) >= 11 is 1.10. The van der Waals surface area contributed by atoms with E-state index in [1.807, 2.05) is 0 Å². The number of primary amides is 1. The van der Waals surface area contributed by atoms with Crippen molar-refractivity contribution in [1.29, 1.82) is 0 Å². The van der Waals surface area contributed by atoms with Gasteiger partial charge in [0.05, 0.1) is 14.6 Å². The number of nitro groups is 2. The van der Waals surface area contributed by atoms with Crippen molar-refractivity contribution >= 4 is 47.2 Å². The molecule has 0 spiro atoms. The number of benzene rings is 2. The van der Waals surface area contributed by atoms with Crippen molar-refractivity contribution in [3.63, 3.8) is 0 Å². The third kappa shape index (κ3) is 6.29. The Labute approximate surface area is 235 Å². The number of β-lactam (4-membered cyclic amide) rings is 1. The monoisotopic (exact) mass is 589 g/mol. The van der Waals surface area contributed by atoms with Crippen molar-refractivity contribution in [3.05, 3.63) is 79.9 Å². The average molecular weight is 590 g/mol. The van der Waals surface area contributed by atoms with Gasteiger partial charge in [0.15, 0.2) is 0 Å². The minimum Gasteiger partial charge on any atom is -0.459 e. The molecule has 2 aromatic carbocycles. The Morgan fingerprint density at radius 3 is 1.95 bits per heavy atom. The number of hydrogen-bond acceptors (Lipinski definition) is 12. The fraction of sp³-hybridized carbons (Fsp3) is 0.333. The highest BCUT2D eigenvalue weighted by atomic mass is 32.2. The molecule has 0 aliphatic carbocycles.